The fraction of sp³-hybridized carbons (Fsp3) is 0.500. The van der Waals surface area contributed by atoms with Crippen LogP contribution < -0.4 is 10.0 Å². The van der Waals surface area contributed by atoms with E-state index in [1.165, 1.54) is 18.2 Å². The predicted molar refractivity (Wildman–Crippen MR) is 70.6 cm³/mol. The fourth-order valence-electron chi connectivity index (χ4n) is 1.65. The lowest BCUT2D eigenvalue weighted by Gasteiger charge is -2.13. The van der Waals surface area contributed by atoms with Crippen LogP contribution in [-0.2, 0) is 22.0 Å². The smallest absolute Gasteiger partial charge is 0.316 e. The molecule has 0 bridgehead atoms. The van der Waals surface area contributed by atoms with Crippen LogP contribution in [0.1, 0.15) is 18.1 Å². The maximum Gasteiger partial charge on any atom is 0.416 e. The molecule has 1 aromatic rings. The molecule has 0 heterocycles. The van der Waals surface area contributed by atoms with E-state index in [2.05, 4.69) is 10.0 Å². The topological polar surface area (TPSA) is 58.2 Å². The van der Waals surface area contributed by atoms with Gasteiger partial charge in [-0.25, -0.2) is 13.1 Å². The van der Waals surface area contributed by atoms with Crippen LogP contribution in [0.5, 0.6) is 0 Å². The van der Waals surface area contributed by atoms with Crippen LogP contribution in [-0.4, -0.2) is 28.1 Å². The lowest BCUT2D eigenvalue weighted by atomic mass is 10.1. The lowest BCUT2D eigenvalue weighted by molar-refractivity contribution is -0.138. The molecule has 0 aliphatic carbocycles. The molecule has 0 radical (unpaired) electrons. The Morgan fingerprint density at radius 2 is 1.80 bits per heavy atom. The second-order valence-electron chi connectivity index (χ2n) is 4.16. The Kier molecular flexibility index (Phi) is 5.97. The van der Waals surface area contributed by atoms with Gasteiger partial charge in [-0.3, -0.25) is 0 Å². The summed E-state index contributed by atoms with van der Waals surface area (Å²) < 4.78 is 64.0. The number of sulfonamides is 1. The first-order chi connectivity index (χ1) is 9.26. The summed E-state index contributed by atoms with van der Waals surface area (Å²) in [6.45, 7) is 3.13. The first kappa shape index (κ1) is 16.9. The molecule has 114 valence electrons. The lowest BCUT2D eigenvalue weighted by Crippen LogP contribution is -2.32. The first-order valence-electron chi connectivity index (χ1n) is 6.09. The largest absolute Gasteiger partial charge is 0.416 e. The molecule has 0 aliphatic rings. The van der Waals surface area contributed by atoms with Crippen LogP contribution in [0.15, 0.2) is 24.3 Å². The van der Waals surface area contributed by atoms with E-state index in [0.717, 1.165) is 6.07 Å². The van der Waals surface area contributed by atoms with Crippen LogP contribution in [0.3, 0.4) is 0 Å². The summed E-state index contributed by atoms with van der Waals surface area (Å²) in [7, 11) is -3.79. The molecular weight excluding hydrogens is 293 g/mol. The van der Waals surface area contributed by atoms with E-state index < -0.39 is 27.5 Å². The van der Waals surface area contributed by atoms with Gasteiger partial charge in [0, 0.05) is 13.1 Å². The maximum atomic E-state index is 12.8. The number of hydrogen-bond donors (Lipinski definition) is 2. The molecule has 20 heavy (non-hydrogen) atoms. The van der Waals surface area contributed by atoms with E-state index in [-0.39, 0.29) is 12.1 Å². The maximum absolute atomic E-state index is 12.8. The minimum Gasteiger partial charge on any atom is -0.316 e. The standard InChI is InChI=1S/C12H17F3N2O2S/c1-2-16-7-8-17-20(18,19)9-10-5-3-4-6-11(10)12(13,14)15/h3-6,16-17H,2,7-9H2,1H3. The summed E-state index contributed by atoms with van der Waals surface area (Å²) in [5.41, 5.74) is -1.17. The minimum atomic E-state index is -4.56. The van der Waals surface area contributed by atoms with Crippen molar-refractivity contribution in [2.24, 2.45) is 0 Å². The van der Waals surface area contributed by atoms with Gasteiger partial charge in [0.25, 0.3) is 0 Å². The quantitative estimate of drug-likeness (QED) is 0.754. The molecule has 1 aromatic carbocycles. The molecule has 0 amide bonds. The Morgan fingerprint density at radius 1 is 1.15 bits per heavy atom. The van der Waals surface area contributed by atoms with E-state index in [4.69, 9.17) is 0 Å². The highest BCUT2D eigenvalue weighted by Gasteiger charge is 2.33. The zero-order chi connectivity index (χ0) is 15.2. The van der Waals surface area contributed by atoms with E-state index in [9.17, 15) is 21.6 Å². The van der Waals surface area contributed by atoms with Crippen molar-refractivity contribution in [2.45, 2.75) is 18.9 Å². The van der Waals surface area contributed by atoms with Crippen molar-refractivity contribution < 1.29 is 21.6 Å². The van der Waals surface area contributed by atoms with Gasteiger partial charge < -0.3 is 5.32 Å². The van der Waals surface area contributed by atoms with Crippen molar-refractivity contribution in [1.29, 1.82) is 0 Å². The molecule has 0 unspecified atom stereocenters. The molecule has 0 aliphatic heterocycles. The zero-order valence-corrected chi connectivity index (χ0v) is 11.8. The van der Waals surface area contributed by atoms with Gasteiger partial charge in [0.15, 0.2) is 0 Å². The SMILES string of the molecule is CCNCCNS(=O)(=O)Cc1ccccc1C(F)(F)F. The van der Waals surface area contributed by atoms with Gasteiger partial charge >= 0.3 is 6.18 Å². The van der Waals surface area contributed by atoms with Crippen LogP contribution in [0.25, 0.3) is 0 Å². The molecule has 2 N–H and O–H groups in total. The fourth-order valence-corrected chi connectivity index (χ4v) is 2.83. The molecule has 0 saturated carbocycles. The Labute approximate surface area is 116 Å². The summed E-state index contributed by atoms with van der Waals surface area (Å²) in [4.78, 5) is 0. The molecule has 1 rings (SSSR count). The van der Waals surface area contributed by atoms with Gasteiger partial charge in [0.2, 0.25) is 10.0 Å². The van der Waals surface area contributed by atoms with Crippen molar-refractivity contribution in [3.63, 3.8) is 0 Å². The number of nitrogens with one attached hydrogen (secondary N) is 2. The Morgan fingerprint density at radius 3 is 2.40 bits per heavy atom. The second-order valence-corrected chi connectivity index (χ2v) is 5.97. The Balaban J connectivity index is 2.78. The molecule has 0 fully saturated rings. The number of likely N-dealkylation sites (N-methyl/N-ethyl adjacent to an activating group) is 1. The third kappa shape index (κ3) is 5.48. The molecule has 0 spiro atoms. The highest BCUT2D eigenvalue weighted by Crippen LogP contribution is 2.32. The molecular formula is C12H17F3N2O2S. The van der Waals surface area contributed by atoms with Crippen molar-refractivity contribution in [3.05, 3.63) is 35.4 Å². The average Bonchev–Trinajstić information content (AvgIpc) is 2.33. The van der Waals surface area contributed by atoms with Crippen LogP contribution in [0.4, 0.5) is 13.2 Å². The van der Waals surface area contributed by atoms with Gasteiger partial charge in [-0.2, -0.15) is 13.2 Å². The van der Waals surface area contributed by atoms with Gasteiger partial charge in [-0.05, 0) is 18.2 Å². The van der Waals surface area contributed by atoms with E-state index in [1.807, 2.05) is 6.92 Å². The second kappa shape index (κ2) is 7.05. The highest BCUT2D eigenvalue weighted by molar-refractivity contribution is 7.88. The summed E-state index contributed by atoms with van der Waals surface area (Å²) in [5.74, 6) is -0.686. The number of hydrogen-bond acceptors (Lipinski definition) is 3. The summed E-state index contributed by atoms with van der Waals surface area (Å²) >= 11 is 0. The predicted octanol–water partition coefficient (Wildman–Crippen LogP) is 1.73. The van der Waals surface area contributed by atoms with Gasteiger partial charge in [0.05, 0.1) is 11.3 Å². The first-order valence-corrected chi connectivity index (χ1v) is 7.74. The molecule has 0 saturated heterocycles. The number of alkyl halides is 3. The van der Waals surface area contributed by atoms with Gasteiger partial charge in [0.1, 0.15) is 0 Å². The highest BCUT2D eigenvalue weighted by atomic mass is 32.2. The average molecular weight is 310 g/mol. The van der Waals surface area contributed by atoms with Crippen molar-refractivity contribution in [1.82, 2.24) is 10.0 Å². The summed E-state index contributed by atoms with van der Waals surface area (Å²) in [6.07, 6.45) is -4.56. The monoisotopic (exact) mass is 310 g/mol. The summed E-state index contributed by atoms with van der Waals surface area (Å²) in [5, 5.41) is 2.91. The Bertz CT molecular complexity index is 530. The third-order valence-electron chi connectivity index (χ3n) is 2.54. The van der Waals surface area contributed by atoms with Crippen LogP contribution >= 0.6 is 0 Å². The van der Waals surface area contributed by atoms with E-state index in [1.54, 1.807) is 0 Å². The Hall–Kier alpha value is -1.12. The molecule has 0 aromatic heterocycles. The number of halogens is 3. The molecule has 4 nitrogen and oxygen atoms in total. The zero-order valence-electron chi connectivity index (χ0n) is 11.0. The van der Waals surface area contributed by atoms with Crippen molar-refractivity contribution >= 4 is 10.0 Å². The minimum absolute atomic E-state index is 0.143. The summed E-state index contributed by atoms with van der Waals surface area (Å²) in [6, 6.07) is 4.67. The normalized spacial score (nSPS) is 12.6. The van der Waals surface area contributed by atoms with Crippen molar-refractivity contribution in [2.75, 3.05) is 19.6 Å². The number of benzene rings is 1. The molecule has 0 atom stereocenters. The third-order valence-corrected chi connectivity index (χ3v) is 3.88. The van der Waals surface area contributed by atoms with Gasteiger partial charge in [-0.1, -0.05) is 25.1 Å². The van der Waals surface area contributed by atoms with E-state index >= 15 is 0 Å². The molecule has 8 heteroatoms. The van der Waals surface area contributed by atoms with Crippen LogP contribution in [0.2, 0.25) is 0 Å². The van der Waals surface area contributed by atoms with Crippen LogP contribution in [0, 0.1) is 0 Å². The van der Waals surface area contributed by atoms with E-state index in [0.29, 0.717) is 13.1 Å². The number of rotatable bonds is 7. The van der Waals surface area contributed by atoms with Gasteiger partial charge in [-0.15, -0.1) is 0 Å². The van der Waals surface area contributed by atoms with Crippen molar-refractivity contribution in [3.8, 4) is 0 Å².